The average Bonchev–Trinajstić information content (AvgIpc) is 2.43. The van der Waals surface area contributed by atoms with Crippen LogP contribution in [0.3, 0.4) is 0 Å². The predicted molar refractivity (Wildman–Crippen MR) is 84.3 cm³/mol. The van der Waals surface area contributed by atoms with Crippen LogP contribution in [0.1, 0.15) is 33.1 Å². The Morgan fingerprint density at radius 1 is 0.905 bits per heavy atom. The molecule has 0 aromatic heterocycles. The molecule has 0 amide bonds. The van der Waals surface area contributed by atoms with Crippen molar-refractivity contribution in [3.05, 3.63) is 0 Å². The minimum atomic E-state index is -3.05. The smallest absolute Gasteiger partial charge is 0.152 e. The van der Waals surface area contributed by atoms with E-state index in [9.17, 15) is 8.42 Å². The number of unbranched alkanes of at least 4 members (excludes halogenated alkanes) is 1. The zero-order valence-electron chi connectivity index (χ0n) is 13.4. The van der Waals surface area contributed by atoms with Crippen molar-refractivity contribution in [2.75, 3.05) is 51.1 Å². The van der Waals surface area contributed by atoms with Crippen molar-refractivity contribution in [2.24, 2.45) is 5.73 Å². The second-order valence-electron chi connectivity index (χ2n) is 5.11. The summed E-state index contributed by atoms with van der Waals surface area (Å²) in [5.74, 6) is 0.166. The lowest BCUT2D eigenvalue weighted by molar-refractivity contribution is 0.0167. The number of nitrogens with two attached hydrogens (primary N) is 1. The van der Waals surface area contributed by atoms with Crippen LogP contribution in [0.4, 0.5) is 0 Å². The van der Waals surface area contributed by atoms with Crippen molar-refractivity contribution in [3.63, 3.8) is 0 Å². The molecule has 1 atom stereocenters. The summed E-state index contributed by atoms with van der Waals surface area (Å²) in [6, 6.07) is -0.0892. The summed E-state index contributed by atoms with van der Waals surface area (Å²) >= 11 is 0. The van der Waals surface area contributed by atoms with E-state index in [4.69, 9.17) is 19.9 Å². The Morgan fingerprint density at radius 2 is 1.43 bits per heavy atom. The highest BCUT2D eigenvalue weighted by Crippen LogP contribution is 1.97. The lowest BCUT2D eigenvalue weighted by Gasteiger charge is -2.08. The van der Waals surface area contributed by atoms with Crippen molar-refractivity contribution in [2.45, 2.75) is 39.2 Å². The van der Waals surface area contributed by atoms with Crippen LogP contribution in [0.5, 0.6) is 0 Å². The van der Waals surface area contributed by atoms with Gasteiger partial charge < -0.3 is 19.9 Å². The Balaban J connectivity index is 3.32. The third-order valence-electron chi connectivity index (χ3n) is 2.81. The Bertz CT molecular complexity index is 319. The van der Waals surface area contributed by atoms with Gasteiger partial charge in [0.15, 0.2) is 9.84 Å². The van der Waals surface area contributed by atoms with Crippen LogP contribution >= 0.6 is 0 Å². The van der Waals surface area contributed by atoms with Gasteiger partial charge in [-0.15, -0.1) is 0 Å². The molecule has 0 radical (unpaired) electrons. The first-order chi connectivity index (χ1) is 9.98. The largest absolute Gasteiger partial charge is 0.379 e. The quantitative estimate of drug-likeness (QED) is 0.452. The summed E-state index contributed by atoms with van der Waals surface area (Å²) in [7, 11) is -3.05. The second kappa shape index (κ2) is 13.5. The molecule has 1 unspecified atom stereocenters. The van der Waals surface area contributed by atoms with Gasteiger partial charge in [0, 0.05) is 12.6 Å². The van der Waals surface area contributed by atoms with E-state index >= 15 is 0 Å². The second-order valence-corrected chi connectivity index (χ2v) is 7.41. The van der Waals surface area contributed by atoms with Gasteiger partial charge in [-0.1, -0.05) is 13.3 Å². The number of hydrogen-bond acceptors (Lipinski definition) is 6. The van der Waals surface area contributed by atoms with Gasteiger partial charge in [0.1, 0.15) is 0 Å². The molecule has 0 spiro atoms. The Kier molecular flexibility index (Phi) is 13.3. The summed E-state index contributed by atoms with van der Waals surface area (Å²) in [4.78, 5) is 0. The number of ether oxygens (including phenoxy) is 3. The SMILES string of the molecule is CCCCOCCOCCOCCS(=O)(=O)CCC(C)N. The third-order valence-corrected chi connectivity index (χ3v) is 4.46. The van der Waals surface area contributed by atoms with Crippen LogP contribution in [0.25, 0.3) is 0 Å². The van der Waals surface area contributed by atoms with Crippen LogP contribution in [-0.4, -0.2) is 65.6 Å². The summed E-state index contributed by atoms with van der Waals surface area (Å²) < 4.78 is 39.1. The van der Waals surface area contributed by atoms with Gasteiger partial charge >= 0.3 is 0 Å². The highest BCUT2D eigenvalue weighted by molar-refractivity contribution is 7.91. The summed E-state index contributed by atoms with van der Waals surface area (Å²) in [6.07, 6.45) is 2.69. The van der Waals surface area contributed by atoms with E-state index in [1.54, 1.807) is 6.92 Å². The van der Waals surface area contributed by atoms with Gasteiger partial charge in [-0.2, -0.15) is 0 Å². The predicted octanol–water partition coefficient (Wildman–Crippen LogP) is 0.988. The number of rotatable bonds is 15. The summed E-state index contributed by atoms with van der Waals surface area (Å²) in [6.45, 7) is 6.89. The van der Waals surface area contributed by atoms with E-state index in [0.29, 0.717) is 32.8 Å². The Morgan fingerprint density at radius 3 is 1.95 bits per heavy atom. The van der Waals surface area contributed by atoms with Crippen molar-refractivity contribution >= 4 is 9.84 Å². The molecule has 0 aromatic carbocycles. The van der Waals surface area contributed by atoms with Crippen LogP contribution in [0, 0.1) is 0 Å². The molecular formula is C14H31NO5S. The molecule has 7 heteroatoms. The first kappa shape index (κ1) is 20.8. The number of sulfone groups is 1. The maximum absolute atomic E-state index is 11.6. The van der Waals surface area contributed by atoms with Gasteiger partial charge in [0.05, 0.1) is 44.5 Å². The fraction of sp³-hybridized carbons (Fsp3) is 1.00. The van der Waals surface area contributed by atoms with E-state index in [2.05, 4.69) is 6.92 Å². The molecule has 2 N–H and O–H groups in total. The highest BCUT2D eigenvalue weighted by atomic mass is 32.2. The van der Waals surface area contributed by atoms with E-state index in [0.717, 1.165) is 19.4 Å². The Labute approximate surface area is 129 Å². The third kappa shape index (κ3) is 16.0. The van der Waals surface area contributed by atoms with Crippen LogP contribution in [0.15, 0.2) is 0 Å². The van der Waals surface area contributed by atoms with Gasteiger partial charge in [-0.3, -0.25) is 0 Å². The topological polar surface area (TPSA) is 87.9 Å². The maximum Gasteiger partial charge on any atom is 0.152 e. The molecule has 0 aliphatic carbocycles. The Hall–Kier alpha value is -0.210. The van der Waals surface area contributed by atoms with Crippen LogP contribution in [-0.2, 0) is 24.0 Å². The molecule has 0 aliphatic heterocycles. The van der Waals surface area contributed by atoms with Crippen molar-refractivity contribution < 1.29 is 22.6 Å². The zero-order chi connectivity index (χ0) is 16.0. The molecule has 0 aromatic rings. The first-order valence-corrected chi connectivity index (χ1v) is 9.49. The van der Waals surface area contributed by atoms with E-state index in [1.807, 2.05) is 0 Å². The minimum Gasteiger partial charge on any atom is -0.379 e. The monoisotopic (exact) mass is 325 g/mol. The molecule has 0 bridgehead atoms. The molecule has 21 heavy (non-hydrogen) atoms. The average molecular weight is 325 g/mol. The van der Waals surface area contributed by atoms with Crippen molar-refractivity contribution in [1.29, 1.82) is 0 Å². The molecule has 0 saturated carbocycles. The fourth-order valence-electron chi connectivity index (χ4n) is 1.44. The van der Waals surface area contributed by atoms with E-state index in [-0.39, 0.29) is 24.2 Å². The summed E-state index contributed by atoms with van der Waals surface area (Å²) in [5.41, 5.74) is 5.54. The molecule has 0 fully saturated rings. The van der Waals surface area contributed by atoms with Gasteiger partial charge in [0.2, 0.25) is 0 Å². The maximum atomic E-state index is 11.6. The fourth-order valence-corrected chi connectivity index (χ4v) is 2.75. The molecule has 6 nitrogen and oxygen atoms in total. The lowest BCUT2D eigenvalue weighted by Crippen LogP contribution is -2.23. The van der Waals surface area contributed by atoms with Crippen molar-refractivity contribution in [1.82, 2.24) is 0 Å². The molecule has 0 heterocycles. The zero-order valence-corrected chi connectivity index (χ0v) is 14.2. The highest BCUT2D eigenvalue weighted by Gasteiger charge is 2.11. The standard InChI is InChI=1S/C14H31NO5S/c1-3-4-6-18-7-8-19-9-10-20-11-13-21(16,17)12-5-14(2)15/h14H,3-13,15H2,1-2H3. The molecule has 0 rings (SSSR count). The first-order valence-electron chi connectivity index (χ1n) is 7.67. The van der Waals surface area contributed by atoms with Crippen LogP contribution < -0.4 is 5.73 Å². The molecule has 0 aliphatic rings. The van der Waals surface area contributed by atoms with E-state index in [1.165, 1.54) is 0 Å². The van der Waals surface area contributed by atoms with Crippen LogP contribution in [0.2, 0.25) is 0 Å². The van der Waals surface area contributed by atoms with Gasteiger partial charge in [-0.05, 0) is 19.8 Å². The summed E-state index contributed by atoms with van der Waals surface area (Å²) in [5, 5.41) is 0. The van der Waals surface area contributed by atoms with Gasteiger partial charge in [-0.25, -0.2) is 8.42 Å². The van der Waals surface area contributed by atoms with Gasteiger partial charge in [0.25, 0.3) is 0 Å². The number of hydrogen-bond donors (Lipinski definition) is 1. The van der Waals surface area contributed by atoms with E-state index < -0.39 is 9.84 Å². The normalized spacial score (nSPS) is 13.5. The molecule has 128 valence electrons. The minimum absolute atomic E-state index is 0.0415. The van der Waals surface area contributed by atoms with Crippen molar-refractivity contribution in [3.8, 4) is 0 Å². The molecule has 0 saturated heterocycles. The molecular weight excluding hydrogens is 294 g/mol. The lowest BCUT2D eigenvalue weighted by atomic mass is 10.3.